The molecule has 1 atom stereocenters. The molecule has 0 N–H and O–H groups in total. The maximum absolute atomic E-state index is 13.2. The lowest BCUT2D eigenvalue weighted by Gasteiger charge is -2.26. The summed E-state index contributed by atoms with van der Waals surface area (Å²) in [5.41, 5.74) is 3.90. The molecule has 1 aliphatic rings. The molecule has 1 amide bonds. The first kappa shape index (κ1) is 20.8. The van der Waals surface area contributed by atoms with Crippen LogP contribution in [0.25, 0.3) is 11.1 Å². The third-order valence-electron chi connectivity index (χ3n) is 5.54. The number of benzene rings is 1. The number of ether oxygens (including phenoxy) is 1. The zero-order valence-electron chi connectivity index (χ0n) is 18.2. The minimum Gasteiger partial charge on any atom is -0.497 e. The Balaban J connectivity index is 1.72. The summed E-state index contributed by atoms with van der Waals surface area (Å²) in [6.07, 6.45) is 3.74. The fourth-order valence-electron chi connectivity index (χ4n) is 3.87. The monoisotopic (exact) mass is 422 g/mol. The van der Waals surface area contributed by atoms with Crippen LogP contribution in [0, 0.1) is 6.92 Å². The van der Waals surface area contributed by atoms with Gasteiger partial charge in [0.2, 0.25) is 11.9 Å². The van der Waals surface area contributed by atoms with Gasteiger partial charge in [0, 0.05) is 32.4 Å². The van der Waals surface area contributed by atoms with Crippen molar-refractivity contribution >= 4 is 11.9 Å². The number of anilines is 1. The number of carbonyl (C=O) groups is 1. The lowest BCUT2D eigenvalue weighted by Crippen LogP contribution is -2.33. The topological polar surface area (TPSA) is 97.5 Å². The van der Waals surface area contributed by atoms with Crippen molar-refractivity contribution in [3.63, 3.8) is 0 Å². The summed E-state index contributed by atoms with van der Waals surface area (Å²) >= 11 is 0. The molecule has 1 aromatic carbocycles. The number of hydrogen-bond donors (Lipinski definition) is 0. The van der Waals surface area contributed by atoms with Gasteiger partial charge in [0.15, 0.2) is 0 Å². The lowest BCUT2D eigenvalue weighted by atomic mass is 9.99. The number of methoxy groups -OCH3 is 1. The maximum Gasteiger partial charge on any atom is 0.229 e. The molecular weight excluding hydrogens is 396 g/mol. The van der Waals surface area contributed by atoms with Gasteiger partial charge in [-0.05, 0) is 37.5 Å². The Hall–Kier alpha value is -3.49. The number of aryl methyl sites for hydroxylation is 1. The normalized spacial score (nSPS) is 15.9. The molecule has 1 fully saturated rings. The van der Waals surface area contributed by atoms with Crippen LogP contribution in [0.15, 0.2) is 35.1 Å². The quantitative estimate of drug-likeness (QED) is 0.598. The van der Waals surface area contributed by atoms with Crippen LogP contribution in [0.3, 0.4) is 0 Å². The first-order valence-corrected chi connectivity index (χ1v) is 10.2. The molecule has 0 saturated carbocycles. The molecule has 1 aliphatic heterocycles. The highest BCUT2D eigenvalue weighted by atomic mass is 16.6. The van der Waals surface area contributed by atoms with E-state index < -0.39 is 0 Å². The first-order chi connectivity index (χ1) is 15.0. The Morgan fingerprint density at radius 1 is 1.32 bits per heavy atom. The zero-order chi connectivity index (χ0) is 22.0. The molecule has 2 aromatic heterocycles. The Kier molecular flexibility index (Phi) is 5.83. The predicted octanol–water partition coefficient (Wildman–Crippen LogP) is 2.82. The molecule has 0 bridgehead atoms. The Morgan fingerprint density at radius 3 is 2.87 bits per heavy atom. The van der Waals surface area contributed by atoms with Crippen LogP contribution in [-0.4, -0.2) is 58.8 Å². The summed E-state index contributed by atoms with van der Waals surface area (Å²) in [7, 11) is 5.45. The van der Waals surface area contributed by atoms with Gasteiger partial charge in [0.05, 0.1) is 25.3 Å². The summed E-state index contributed by atoms with van der Waals surface area (Å²) in [6.45, 7) is 2.46. The molecule has 4 rings (SSSR count). The third-order valence-corrected chi connectivity index (χ3v) is 5.54. The molecule has 0 unspecified atom stereocenters. The van der Waals surface area contributed by atoms with Crippen molar-refractivity contribution in [2.45, 2.75) is 32.2 Å². The number of amides is 1. The van der Waals surface area contributed by atoms with E-state index in [1.165, 1.54) is 0 Å². The van der Waals surface area contributed by atoms with Crippen LogP contribution in [0.1, 0.15) is 36.0 Å². The second kappa shape index (κ2) is 8.71. The van der Waals surface area contributed by atoms with Crippen LogP contribution in [0.2, 0.25) is 0 Å². The maximum atomic E-state index is 13.2. The van der Waals surface area contributed by atoms with E-state index in [0.29, 0.717) is 23.9 Å². The van der Waals surface area contributed by atoms with Crippen molar-refractivity contribution in [3.8, 4) is 16.9 Å². The van der Waals surface area contributed by atoms with Gasteiger partial charge in [-0.15, -0.1) is 0 Å². The van der Waals surface area contributed by atoms with Crippen LogP contribution in [0.5, 0.6) is 5.75 Å². The van der Waals surface area contributed by atoms with Gasteiger partial charge in [-0.2, -0.15) is 0 Å². The molecule has 3 heterocycles. The largest absolute Gasteiger partial charge is 0.497 e. The van der Waals surface area contributed by atoms with Crippen molar-refractivity contribution < 1.29 is 14.2 Å². The highest BCUT2D eigenvalue weighted by Crippen LogP contribution is 2.38. The smallest absolute Gasteiger partial charge is 0.229 e. The average molecular weight is 422 g/mol. The predicted molar refractivity (Wildman–Crippen MR) is 115 cm³/mol. The number of aromatic nitrogens is 4. The summed E-state index contributed by atoms with van der Waals surface area (Å²) in [5.74, 6) is 1.36. The van der Waals surface area contributed by atoms with Crippen molar-refractivity contribution in [3.05, 3.63) is 47.5 Å². The average Bonchev–Trinajstić information content (AvgIpc) is 3.42. The van der Waals surface area contributed by atoms with Gasteiger partial charge in [-0.1, -0.05) is 22.4 Å². The molecular formula is C22H26N6O3. The van der Waals surface area contributed by atoms with Crippen LogP contribution < -0.4 is 9.64 Å². The number of nitrogens with zero attached hydrogens (tertiary/aromatic N) is 6. The molecule has 0 spiro atoms. The van der Waals surface area contributed by atoms with Crippen molar-refractivity contribution in [2.75, 3.05) is 32.6 Å². The number of likely N-dealkylation sites (tertiary alicyclic amines) is 1. The highest BCUT2D eigenvalue weighted by Gasteiger charge is 2.34. The van der Waals surface area contributed by atoms with Gasteiger partial charge < -0.3 is 14.5 Å². The molecule has 0 aliphatic carbocycles. The van der Waals surface area contributed by atoms with E-state index in [-0.39, 0.29) is 18.4 Å². The van der Waals surface area contributed by atoms with E-state index in [9.17, 15) is 4.79 Å². The molecule has 1 saturated heterocycles. The van der Waals surface area contributed by atoms with Gasteiger partial charge in [0.1, 0.15) is 17.1 Å². The van der Waals surface area contributed by atoms with E-state index in [2.05, 4.69) is 15.3 Å². The first-order valence-electron chi connectivity index (χ1n) is 10.2. The minimum atomic E-state index is -0.143. The van der Waals surface area contributed by atoms with E-state index in [0.717, 1.165) is 35.4 Å². The van der Waals surface area contributed by atoms with Crippen LogP contribution >= 0.6 is 0 Å². The Labute approximate surface area is 181 Å². The van der Waals surface area contributed by atoms with Crippen molar-refractivity contribution in [1.29, 1.82) is 0 Å². The summed E-state index contributed by atoms with van der Waals surface area (Å²) in [6, 6.07) is 7.66. The van der Waals surface area contributed by atoms with Gasteiger partial charge in [-0.3, -0.25) is 4.79 Å². The summed E-state index contributed by atoms with van der Waals surface area (Å²) < 4.78 is 10.2. The number of carbonyl (C=O) groups excluding carboxylic acids is 1. The fraction of sp³-hybridized carbons (Fsp3) is 0.409. The molecule has 3 aromatic rings. The highest BCUT2D eigenvalue weighted by molar-refractivity contribution is 5.80. The summed E-state index contributed by atoms with van der Waals surface area (Å²) in [4.78, 5) is 26.3. The Morgan fingerprint density at radius 2 is 2.16 bits per heavy atom. The fourth-order valence-corrected chi connectivity index (χ4v) is 3.87. The standard InChI is InChI=1S/C22H26N6O3/c1-14-18(26-31-25-14)12-20(29)28-10-6-9-19(28)21-17(13-23-22(24-21)27(2)3)15-7-5-8-16(11-15)30-4/h5,7-8,11,13,19H,6,9-10,12H2,1-4H3/t19-/m1/s1. The van der Waals surface area contributed by atoms with E-state index in [1.807, 2.05) is 54.4 Å². The number of rotatable bonds is 6. The molecule has 31 heavy (non-hydrogen) atoms. The van der Waals surface area contributed by atoms with E-state index in [4.69, 9.17) is 14.3 Å². The van der Waals surface area contributed by atoms with Crippen LogP contribution in [0.4, 0.5) is 5.95 Å². The van der Waals surface area contributed by atoms with E-state index in [1.54, 1.807) is 14.0 Å². The second-order valence-corrected chi connectivity index (χ2v) is 7.81. The summed E-state index contributed by atoms with van der Waals surface area (Å²) in [5, 5.41) is 7.65. The number of hydrogen-bond acceptors (Lipinski definition) is 8. The zero-order valence-corrected chi connectivity index (χ0v) is 18.2. The minimum absolute atomic E-state index is 0.0112. The molecule has 9 heteroatoms. The molecule has 162 valence electrons. The third kappa shape index (κ3) is 4.21. The molecule has 9 nitrogen and oxygen atoms in total. The Bertz CT molecular complexity index is 1080. The lowest BCUT2D eigenvalue weighted by molar-refractivity contribution is -0.131. The van der Waals surface area contributed by atoms with Gasteiger partial charge >= 0.3 is 0 Å². The van der Waals surface area contributed by atoms with Crippen molar-refractivity contribution in [1.82, 2.24) is 25.2 Å². The van der Waals surface area contributed by atoms with Crippen LogP contribution in [-0.2, 0) is 11.2 Å². The SMILES string of the molecule is COc1cccc(-c2cnc(N(C)C)nc2[C@H]2CCCN2C(=O)Cc2nonc2C)c1. The van der Waals surface area contributed by atoms with E-state index >= 15 is 0 Å². The molecule has 0 radical (unpaired) electrons. The second-order valence-electron chi connectivity index (χ2n) is 7.81. The van der Waals surface area contributed by atoms with Crippen molar-refractivity contribution in [2.24, 2.45) is 0 Å². The van der Waals surface area contributed by atoms with Gasteiger partial charge in [-0.25, -0.2) is 14.6 Å². The van der Waals surface area contributed by atoms with Gasteiger partial charge in [0.25, 0.3) is 0 Å².